The molecule has 2 saturated heterocycles. The maximum absolute atomic E-state index is 14.1. The molecule has 3 aliphatic heterocycles. The summed E-state index contributed by atoms with van der Waals surface area (Å²) in [7, 11) is -3.50. The van der Waals surface area contributed by atoms with Crippen LogP contribution >= 0.6 is 0 Å². The molecule has 0 bridgehead atoms. The molecule has 0 aromatic heterocycles. The molecule has 146 valence electrons. The van der Waals surface area contributed by atoms with Crippen LogP contribution in [0.5, 0.6) is 0 Å². The van der Waals surface area contributed by atoms with Crippen molar-refractivity contribution >= 4 is 21.7 Å². The Balaban J connectivity index is 1.60. The van der Waals surface area contributed by atoms with E-state index in [9.17, 15) is 26.8 Å². The van der Waals surface area contributed by atoms with E-state index in [0.717, 1.165) is 6.07 Å². The van der Waals surface area contributed by atoms with Gasteiger partial charge in [0.15, 0.2) is 21.5 Å². The number of hydrogen-bond acceptors (Lipinski definition) is 4. The van der Waals surface area contributed by atoms with E-state index in [-0.39, 0.29) is 49.2 Å². The number of hydrogen-bond donors (Lipinski definition) is 0. The molecular weight excluding hydrogens is 378 g/mol. The highest BCUT2D eigenvalue weighted by Gasteiger charge is 2.64. The topological polar surface area (TPSA) is 74.8 Å². The van der Waals surface area contributed by atoms with E-state index in [1.165, 1.54) is 22.8 Å². The van der Waals surface area contributed by atoms with Gasteiger partial charge in [-0.3, -0.25) is 9.59 Å². The highest BCUT2D eigenvalue weighted by atomic mass is 32.2. The molecule has 1 spiro atoms. The van der Waals surface area contributed by atoms with Gasteiger partial charge in [-0.25, -0.2) is 17.2 Å². The van der Waals surface area contributed by atoms with Gasteiger partial charge in [0.25, 0.3) is 0 Å². The number of amides is 2. The summed E-state index contributed by atoms with van der Waals surface area (Å²) in [5.41, 5.74) is 0.821. The average molecular weight is 398 g/mol. The summed E-state index contributed by atoms with van der Waals surface area (Å²) in [6, 6.07) is 2.60. The van der Waals surface area contributed by atoms with Gasteiger partial charge in [-0.15, -0.1) is 0 Å². The first-order valence-electron chi connectivity index (χ1n) is 8.88. The van der Waals surface area contributed by atoms with Gasteiger partial charge >= 0.3 is 0 Å². The van der Waals surface area contributed by atoms with Crippen molar-refractivity contribution in [2.45, 2.75) is 31.1 Å². The van der Waals surface area contributed by atoms with Crippen LogP contribution in [0.1, 0.15) is 24.5 Å². The predicted octanol–water partition coefficient (Wildman–Crippen LogP) is 0.885. The van der Waals surface area contributed by atoms with Crippen molar-refractivity contribution in [1.29, 1.82) is 0 Å². The Morgan fingerprint density at radius 1 is 1.19 bits per heavy atom. The molecule has 0 radical (unpaired) electrons. The molecule has 9 heteroatoms. The summed E-state index contributed by atoms with van der Waals surface area (Å²) in [6.07, 6.45) is 0.589. The summed E-state index contributed by atoms with van der Waals surface area (Å²) in [4.78, 5) is 27.5. The van der Waals surface area contributed by atoms with E-state index in [2.05, 4.69) is 0 Å². The summed E-state index contributed by atoms with van der Waals surface area (Å²) in [5.74, 6) is -3.34. The lowest BCUT2D eigenvalue weighted by Crippen LogP contribution is -2.69. The van der Waals surface area contributed by atoms with Crippen LogP contribution in [0.3, 0.4) is 0 Å². The molecule has 2 amide bonds. The summed E-state index contributed by atoms with van der Waals surface area (Å²) in [5, 5.41) is 0. The van der Waals surface area contributed by atoms with Gasteiger partial charge in [-0.1, -0.05) is 6.07 Å². The van der Waals surface area contributed by atoms with Gasteiger partial charge in [-0.05, 0) is 24.5 Å². The van der Waals surface area contributed by atoms with Crippen molar-refractivity contribution in [2.75, 3.05) is 25.4 Å². The van der Waals surface area contributed by atoms with E-state index in [1.807, 2.05) is 0 Å². The van der Waals surface area contributed by atoms with Crippen molar-refractivity contribution < 1.29 is 26.8 Å². The Labute approximate surface area is 156 Å². The monoisotopic (exact) mass is 398 g/mol. The standard InChI is InChI=1S/C18H20F2N2O4S/c1-11(23)22-9-18(10-22)14(5-7-27(18,25)26)17(24)21-6-4-12-2-3-15(19)16(20)13(12)8-21/h2-3,14H,4-10H2,1H3. The second-order valence-electron chi connectivity index (χ2n) is 7.61. The van der Waals surface area contributed by atoms with Crippen LogP contribution in [-0.4, -0.2) is 60.2 Å². The summed E-state index contributed by atoms with van der Waals surface area (Å²) < 4.78 is 51.7. The van der Waals surface area contributed by atoms with Crippen molar-refractivity contribution in [2.24, 2.45) is 5.92 Å². The van der Waals surface area contributed by atoms with Gasteiger partial charge in [0.1, 0.15) is 4.75 Å². The fourth-order valence-corrected chi connectivity index (χ4v) is 6.83. The third-order valence-corrected chi connectivity index (χ3v) is 8.75. The Kier molecular flexibility index (Phi) is 4.06. The van der Waals surface area contributed by atoms with E-state index in [0.29, 0.717) is 18.5 Å². The first-order valence-corrected chi connectivity index (χ1v) is 10.5. The molecular formula is C18H20F2N2O4S. The highest BCUT2D eigenvalue weighted by Crippen LogP contribution is 2.46. The normalized spacial score (nSPS) is 25.2. The second-order valence-corrected chi connectivity index (χ2v) is 10.1. The summed E-state index contributed by atoms with van der Waals surface area (Å²) >= 11 is 0. The number of carbonyl (C=O) groups excluding carboxylic acids is 2. The van der Waals surface area contributed by atoms with Crippen molar-refractivity contribution in [3.63, 3.8) is 0 Å². The van der Waals surface area contributed by atoms with Crippen molar-refractivity contribution in [3.8, 4) is 0 Å². The number of likely N-dealkylation sites (tertiary alicyclic amines) is 1. The molecule has 27 heavy (non-hydrogen) atoms. The van der Waals surface area contributed by atoms with E-state index < -0.39 is 32.1 Å². The third kappa shape index (κ3) is 2.58. The zero-order valence-corrected chi connectivity index (χ0v) is 15.7. The van der Waals surface area contributed by atoms with Crippen LogP contribution in [0.2, 0.25) is 0 Å². The minimum atomic E-state index is -3.50. The van der Waals surface area contributed by atoms with E-state index in [1.54, 1.807) is 0 Å². The lowest BCUT2D eigenvalue weighted by molar-refractivity contribution is -0.144. The Hall–Kier alpha value is -2.03. The molecule has 0 saturated carbocycles. The minimum absolute atomic E-state index is 0.0223. The van der Waals surface area contributed by atoms with Gasteiger partial charge in [0.05, 0.1) is 11.7 Å². The molecule has 1 unspecified atom stereocenters. The molecule has 1 aromatic rings. The molecule has 6 nitrogen and oxygen atoms in total. The van der Waals surface area contributed by atoms with Crippen LogP contribution in [0.4, 0.5) is 8.78 Å². The Bertz CT molecular complexity index is 941. The fraction of sp³-hybridized carbons (Fsp3) is 0.556. The van der Waals surface area contributed by atoms with Crippen LogP contribution in [0.15, 0.2) is 12.1 Å². The summed E-state index contributed by atoms with van der Waals surface area (Å²) in [6.45, 7) is 1.67. The zero-order valence-electron chi connectivity index (χ0n) is 14.9. The molecule has 1 aromatic carbocycles. The first-order chi connectivity index (χ1) is 12.7. The number of fused-ring (bicyclic) bond motifs is 1. The van der Waals surface area contributed by atoms with Crippen molar-refractivity contribution in [3.05, 3.63) is 34.9 Å². The molecule has 3 aliphatic rings. The predicted molar refractivity (Wildman–Crippen MR) is 92.4 cm³/mol. The zero-order chi connectivity index (χ0) is 19.6. The van der Waals surface area contributed by atoms with Crippen LogP contribution in [0.25, 0.3) is 0 Å². The van der Waals surface area contributed by atoms with Crippen LogP contribution in [0, 0.1) is 17.6 Å². The maximum Gasteiger partial charge on any atom is 0.227 e. The van der Waals surface area contributed by atoms with Crippen LogP contribution in [-0.2, 0) is 32.4 Å². The molecule has 0 aliphatic carbocycles. The van der Waals surface area contributed by atoms with E-state index in [4.69, 9.17) is 0 Å². The molecule has 0 N–H and O–H groups in total. The maximum atomic E-state index is 14.1. The quantitative estimate of drug-likeness (QED) is 0.704. The smallest absolute Gasteiger partial charge is 0.227 e. The largest absolute Gasteiger partial charge is 0.340 e. The number of rotatable bonds is 1. The SMILES string of the molecule is CC(=O)N1CC2(C1)C(C(=O)N1CCc3ccc(F)c(F)c3C1)CCS2(=O)=O. The molecule has 4 rings (SSSR count). The highest BCUT2D eigenvalue weighted by molar-refractivity contribution is 7.93. The Morgan fingerprint density at radius 3 is 2.56 bits per heavy atom. The number of halogens is 2. The minimum Gasteiger partial charge on any atom is -0.340 e. The van der Waals surface area contributed by atoms with Crippen LogP contribution < -0.4 is 0 Å². The van der Waals surface area contributed by atoms with Gasteiger partial charge in [-0.2, -0.15) is 0 Å². The molecule has 1 atom stereocenters. The lowest BCUT2D eigenvalue weighted by Gasteiger charge is -2.49. The molecule has 2 fully saturated rings. The number of benzene rings is 1. The second kappa shape index (κ2) is 5.98. The van der Waals surface area contributed by atoms with Gasteiger partial charge < -0.3 is 9.80 Å². The van der Waals surface area contributed by atoms with Crippen molar-refractivity contribution in [1.82, 2.24) is 9.80 Å². The van der Waals surface area contributed by atoms with Gasteiger partial charge in [0.2, 0.25) is 11.8 Å². The number of sulfone groups is 1. The van der Waals surface area contributed by atoms with E-state index >= 15 is 0 Å². The average Bonchev–Trinajstić information content (AvgIpc) is 2.87. The lowest BCUT2D eigenvalue weighted by atomic mass is 9.81. The molecule has 3 heterocycles. The third-order valence-electron chi connectivity index (χ3n) is 6.19. The number of carbonyl (C=O) groups is 2. The Morgan fingerprint density at radius 2 is 1.89 bits per heavy atom. The first kappa shape index (κ1) is 18.3. The number of nitrogens with zero attached hydrogens (tertiary/aromatic N) is 2. The van der Waals surface area contributed by atoms with Gasteiger partial charge in [0, 0.05) is 38.7 Å². The fourth-order valence-electron chi connectivity index (χ4n) is 4.52.